The van der Waals surface area contributed by atoms with Crippen LogP contribution in [0, 0.1) is 0 Å². The molecule has 0 aromatic heterocycles. The third kappa shape index (κ3) is 5.59. The molecule has 0 spiro atoms. The van der Waals surface area contributed by atoms with Crippen molar-refractivity contribution in [2.45, 2.75) is 24.7 Å². The minimum atomic E-state index is -3.41. The highest BCUT2D eigenvalue weighted by molar-refractivity contribution is 7.89. The summed E-state index contributed by atoms with van der Waals surface area (Å²) in [5, 5.41) is 2.97. The van der Waals surface area contributed by atoms with E-state index in [1.165, 1.54) is 0 Å². The topological polar surface area (TPSA) is 67.4 Å². The van der Waals surface area contributed by atoms with E-state index in [9.17, 15) is 8.42 Å². The van der Waals surface area contributed by atoms with E-state index in [-0.39, 0.29) is 4.90 Å². The summed E-state index contributed by atoms with van der Waals surface area (Å²) in [6, 6.07) is 6.48. The Hall–Kier alpha value is -1.11. The Kier molecular flexibility index (Phi) is 6.83. The van der Waals surface area contributed by atoms with E-state index >= 15 is 0 Å². The highest BCUT2D eigenvalue weighted by atomic mass is 32.2. The molecule has 1 rings (SSSR count). The first kappa shape index (κ1) is 15.9. The van der Waals surface area contributed by atoms with Crippen molar-refractivity contribution in [2.24, 2.45) is 0 Å². The molecule has 2 N–H and O–H groups in total. The fraction of sp³-hybridized carbons (Fsp3) is 0.538. The zero-order valence-electron chi connectivity index (χ0n) is 11.5. The van der Waals surface area contributed by atoms with E-state index < -0.39 is 10.0 Å². The summed E-state index contributed by atoms with van der Waals surface area (Å²) in [6.07, 6.45) is 1.68. The van der Waals surface area contributed by atoms with Crippen molar-refractivity contribution >= 4 is 10.0 Å². The number of benzene rings is 1. The SMILES string of the molecule is CCCOc1ccc(S(=O)(=O)NCCCNC)cc1. The predicted octanol–water partition coefficient (Wildman–Crippen LogP) is 1.36. The van der Waals surface area contributed by atoms with Gasteiger partial charge < -0.3 is 10.1 Å². The average molecular weight is 286 g/mol. The Morgan fingerprint density at radius 2 is 1.84 bits per heavy atom. The molecule has 0 saturated carbocycles. The summed E-state index contributed by atoms with van der Waals surface area (Å²) in [6.45, 7) is 3.87. The van der Waals surface area contributed by atoms with E-state index in [0.29, 0.717) is 18.9 Å². The fourth-order valence-corrected chi connectivity index (χ4v) is 2.56. The highest BCUT2D eigenvalue weighted by Crippen LogP contribution is 2.15. The van der Waals surface area contributed by atoms with Crippen LogP contribution >= 0.6 is 0 Å². The second-order valence-electron chi connectivity index (χ2n) is 4.17. The first-order valence-electron chi connectivity index (χ1n) is 6.47. The third-order valence-electron chi connectivity index (χ3n) is 2.50. The lowest BCUT2D eigenvalue weighted by Crippen LogP contribution is -2.26. The van der Waals surface area contributed by atoms with Crippen LogP contribution in [0.3, 0.4) is 0 Å². The van der Waals surface area contributed by atoms with Crippen molar-refractivity contribution < 1.29 is 13.2 Å². The number of hydrogen-bond donors (Lipinski definition) is 2. The Morgan fingerprint density at radius 1 is 1.16 bits per heavy atom. The number of nitrogens with one attached hydrogen (secondary N) is 2. The molecular formula is C13H22N2O3S. The molecule has 0 aliphatic rings. The molecule has 0 unspecified atom stereocenters. The fourth-order valence-electron chi connectivity index (χ4n) is 1.49. The van der Waals surface area contributed by atoms with Crippen LogP contribution in [0.5, 0.6) is 5.75 Å². The Labute approximate surface area is 115 Å². The lowest BCUT2D eigenvalue weighted by molar-refractivity contribution is 0.317. The van der Waals surface area contributed by atoms with Crippen molar-refractivity contribution in [1.29, 1.82) is 0 Å². The lowest BCUT2D eigenvalue weighted by atomic mass is 10.3. The second kappa shape index (κ2) is 8.14. The molecule has 19 heavy (non-hydrogen) atoms. The van der Waals surface area contributed by atoms with Gasteiger partial charge in [-0.3, -0.25) is 0 Å². The maximum Gasteiger partial charge on any atom is 0.240 e. The van der Waals surface area contributed by atoms with Gasteiger partial charge in [-0.2, -0.15) is 0 Å². The van der Waals surface area contributed by atoms with E-state index in [1.54, 1.807) is 24.3 Å². The van der Waals surface area contributed by atoms with Crippen LogP contribution in [-0.4, -0.2) is 35.2 Å². The van der Waals surface area contributed by atoms with E-state index in [4.69, 9.17) is 4.74 Å². The third-order valence-corrected chi connectivity index (χ3v) is 3.98. The molecule has 0 radical (unpaired) electrons. The zero-order valence-corrected chi connectivity index (χ0v) is 12.3. The van der Waals surface area contributed by atoms with Gasteiger partial charge in [-0.05, 0) is 50.7 Å². The summed E-state index contributed by atoms with van der Waals surface area (Å²) in [7, 11) is -1.57. The number of ether oxygens (including phenoxy) is 1. The van der Waals surface area contributed by atoms with Gasteiger partial charge in [-0.25, -0.2) is 13.1 Å². The Morgan fingerprint density at radius 3 is 2.42 bits per heavy atom. The monoisotopic (exact) mass is 286 g/mol. The lowest BCUT2D eigenvalue weighted by Gasteiger charge is -2.08. The van der Waals surface area contributed by atoms with Gasteiger partial charge in [0.25, 0.3) is 0 Å². The minimum absolute atomic E-state index is 0.265. The molecule has 0 aliphatic heterocycles. The molecule has 0 amide bonds. The molecule has 0 bridgehead atoms. The van der Waals surface area contributed by atoms with E-state index in [0.717, 1.165) is 19.4 Å². The summed E-state index contributed by atoms with van der Waals surface area (Å²) >= 11 is 0. The van der Waals surface area contributed by atoms with Gasteiger partial charge in [0.2, 0.25) is 10.0 Å². The average Bonchev–Trinajstić information content (AvgIpc) is 2.42. The van der Waals surface area contributed by atoms with Crippen LogP contribution in [0.1, 0.15) is 19.8 Å². The molecule has 0 heterocycles. The molecule has 0 atom stereocenters. The maximum absolute atomic E-state index is 11.9. The van der Waals surface area contributed by atoms with Crippen molar-refractivity contribution in [1.82, 2.24) is 10.0 Å². The molecule has 5 nitrogen and oxygen atoms in total. The largest absolute Gasteiger partial charge is 0.494 e. The van der Waals surface area contributed by atoms with Gasteiger partial charge >= 0.3 is 0 Å². The van der Waals surface area contributed by atoms with Crippen molar-refractivity contribution in [3.05, 3.63) is 24.3 Å². The molecule has 6 heteroatoms. The quantitative estimate of drug-likeness (QED) is 0.673. The molecule has 108 valence electrons. The molecule has 0 fully saturated rings. The molecule has 0 aliphatic carbocycles. The van der Waals surface area contributed by atoms with Crippen LogP contribution in [0.25, 0.3) is 0 Å². The summed E-state index contributed by atoms with van der Waals surface area (Å²) in [5.41, 5.74) is 0. The van der Waals surface area contributed by atoms with E-state index in [1.807, 2.05) is 14.0 Å². The number of sulfonamides is 1. The molecule has 1 aromatic rings. The maximum atomic E-state index is 11.9. The molecule has 0 saturated heterocycles. The normalized spacial score (nSPS) is 11.5. The highest BCUT2D eigenvalue weighted by Gasteiger charge is 2.12. The standard InChI is InChI=1S/C13H22N2O3S/c1-3-11-18-12-5-7-13(8-6-12)19(16,17)15-10-4-9-14-2/h5-8,14-15H,3-4,9-11H2,1-2H3. The van der Waals surface area contributed by atoms with Crippen LogP contribution in [0.15, 0.2) is 29.2 Å². The first-order valence-corrected chi connectivity index (χ1v) is 7.95. The summed E-state index contributed by atoms with van der Waals surface area (Å²) < 4.78 is 31.9. The van der Waals surface area contributed by atoms with Gasteiger partial charge in [0.1, 0.15) is 5.75 Å². The van der Waals surface area contributed by atoms with Crippen molar-refractivity contribution in [2.75, 3.05) is 26.7 Å². The first-order chi connectivity index (χ1) is 9.10. The number of rotatable bonds is 9. The smallest absolute Gasteiger partial charge is 0.240 e. The number of hydrogen-bond acceptors (Lipinski definition) is 4. The summed E-state index contributed by atoms with van der Waals surface area (Å²) in [4.78, 5) is 0.265. The van der Waals surface area contributed by atoms with Crippen LogP contribution in [-0.2, 0) is 10.0 Å². The van der Waals surface area contributed by atoms with Gasteiger partial charge in [0, 0.05) is 6.54 Å². The van der Waals surface area contributed by atoms with Crippen LogP contribution in [0.4, 0.5) is 0 Å². The van der Waals surface area contributed by atoms with Gasteiger partial charge in [-0.1, -0.05) is 6.92 Å². The Balaban J connectivity index is 2.58. The zero-order chi connectivity index (χ0) is 14.1. The van der Waals surface area contributed by atoms with Gasteiger partial charge in [0.05, 0.1) is 11.5 Å². The van der Waals surface area contributed by atoms with Gasteiger partial charge in [-0.15, -0.1) is 0 Å². The predicted molar refractivity (Wildman–Crippen MR) is 76.0 cm³/mol. The molecule has 1 aromatic carbocycles. The van der Waals surface area contributed by atoms with Crippen LogP contribution < -0.4 is 14.8 Å². The minimum Gasteiger partial charge on any atom is -0.494 e. The molecular weight excluding hydrogens is 264 g/mol. The van der Waals surface area contributed by atoms with Crippen LogP contribution in [0.2, 0.25) is 0 Å². The van der Waals surface area contributed by atoms with Gasteiger partial charge in [0.15, 0.2) is 0 Å². The second-order valence-corrected chi connectivity index (χ2v) is 5.94. The summed E-state index contributed by atoms with van der Waals surface area (Å²) in [5.74, 6) is 0.691. The Bertz CT molecular complexity index is 457. The van der Waals surface area contributed by atoms with E-state index in [2.05, 4.69) is 10.0 Å². The van der Waals surface area contributed by atoms with Crippen molar-refractivity contribution in [3.63, 3.8) is 0 Å². The van der Waals surface area contributed by atoms with Crippen molar-refractivity contribution in [3.8, 4) is 5.75 Å².